The number of hydrogen-bond donors (Lipinski definition) is 0. The van der Waals surface area contributed by atoms with E-state index in [9.17, 15) is 26.5 Å². The number of benzene rings is 3. The van der Waals surface area contributed by atoms with E-state index in [2.05, 4.69) is 114 Å². The maximum Gasteiger partial charge on any atom is 0.428 e. The number of aryl methyl sites for hydroxylation is 3. The Bertz CT molecular complexity index is 1290. The topological polar surface area (TPSA) is 83.5 Å². The van der Waals surface area contributed by atoms with Gasteiger partial charge in [-0.1, -0.05) is 109 Å². The molecule has 5 nitrogen and oxygen atoms in total. The molecule has 0 amide bonds. The molecule has 0 N–H and O–H groups in total. The van der Waals surface area contributed by atoms with E-state index in [4.69, 9.17) is 0 Å². The lowest BCUT2D eigenvalue weighted by Crippen LogP contribution is -2.39. The molecule has 0 aromatic heterocycles. The van der Waals surface area contributed by atoms with Crippen molar-refractivity contribution in [1.82, 2.24) is 0 Å². The minimum atomic E-state index is -6.03. The van der Waals surface area contributed by atoms with Gasteiger partial charge in [0.1, 0.15) is 10.9 Å². The van der Waals surface area contributed by atoms with Crippen molar-refractivity contribution in [1.29, 1.82) is 0 Å². The first kappa shape index (κ1) is 36.9. The van der Waals surface area contributed by atoms with Gasteiger partial charge in [-0.3, -0.25) is 0 Å². The van der Waals surface area contributed by atoms with Gasteiger partial charge >= 0.3 is 11.2 Å². The van der Waals surface area contributed by atoms with Crippen LogP contribution in [0.3, 0.4) is 0 Å². The first-order chi connectivity index (χ1) is 20.4. The predicted octanol–water partition coefficient (Wildman–Crippen LogP) is 8.89. The van der Waals surface area contributed by atoms with E-state index >= 15 is 0 Å². The second-order valence-corrected chi connectivity index (χ2v) is 14.4. The molecular formula is C33H41BrF2O5S2. The van der Waals surface area contributed by atoms with Crippen molar-refractivity contribution in [2.45, 2.75) is 92.1 Å². The Hall–Kier alpha value is -2.27. The van der Waals surface area contributed by atoms with Gasteiger partial charge in [0.15, 0.2) is 24.8 Å². The molecule has 10 heteroatoms. The van der Waals surface area contributed by atoms with Gasteiger partial charge in [-0.25, -0.2) is 13.2 Å². The van der Waals surface area contributed by atoms with Gasteiger partial charge in [0.25, 0.3) is 0 Å². The van der Waals surface area contributed by atoms with Crippen molar-refractivity contribution >= 4 is 42.9 Å². The third kappa shape index (κ3) is 11.6. The maximum atomic E-state index is 12.7. The molecule has 0 radical (unpaired) electrons. The molecule has 0 saturated heterocycles. The van der Waals surface area contributed by atoms with E-state index < -0.39 is 21.3 Å². The Morgan fingerprint density at radius 3 is 1.42 bits per heavy atom. The Morgan fingerprint density at radius 2 is 1.07 bits per heavy atom. The summed E-state index contributed by atoms with van der Waals surface area (Å²) in [6.07, 6.45) is 7.52. The SMILES string of the molecule is Cc1ccccc1[S+](c1ccccc1C)c1ccccc1C.O=C(OCCCCCCCCCCBr)C(F)(F)S(=O)(=O)[O-]. The molecule has 43 heavy (non-hydrogen) atoms. The lowest BCUT2D eigenvalue weighted by molar-refractivity contribution is -0.161. The number of carbonyl (C=O) groups is 1. The second kappa shape index (κ2) is 18.5. The summed E-state index contributed by atoms with van der Waals surface area (Å²) in [5.74, 6) is -2.30. The van der Waals surface area contributed by atoms with Crippen molar-refractivity contribution < 1.29 is 31.3 Å². The van der Waals surface area contributed by atoms with E-state index in [0.717, 1.165) is 37.4 Å². The number of halogens is 3. The van der Waals surface area contributed by atoms with Crippen LogP contribution in [0.1, 0.15) is 68.1 Å². The summed E-state index contributed by atoms with van der Waals surface area (Å²) in [5, 5.41) is -4.01. The lowest BCUT2D eigenvalue weighted by atomic mass is 10.1. The molecule has 0 heterocycles. The maximum absolute atomic E-state index is 12.7. The van der Waals surface area contributed by atoms with Gasteiger partial charge in [0.05, 0.1) is 6.61 Å². The Balaban J connectivity index is 0.000000301. The van der Waals surface area contributed by atoms with Crippen LogP contribution < -0.4 is 0 Å². The monoisotopic (exact) mass is 698 g/mol. The van der Waals surface area contributed by atoms with Gasteiger partial charge in [-0.2, -0.15) is 8.78 Å². The van der Waals surface area contributed by atoms with Crippen LogP contribution in [-0.2, 0) is 30.5 Å². The summed E-state index contributed by atoms with van der Waals surface area (Å²) in [4.78, 5) is 15.1. The standard InChI is InChI=1S/C21H21S.C12H21BrF2O5S/c1-16-10-4-7-13-19(16)22(20-14-8-5-11-17(20)2)21-15-9-6-12-18(21)3;13-9-7-5-3-1-2-4-6-8-10-20-11(16)12(14,15)21(17,18)19/h4-15H,1-3H3;1-10H2,(H,17,18,19)/q+1;/p-1. The smallest absolute Gasteiger partial charge is 0.428 e. The summed E-state index contributed by atoms with van der Waals surface area (Å²) < 4.78 is 60.1. The summed E-state index contributed by atoms with van der Waals surface area (Å²) in [6.45, 7) is 6.33. The highest BCUT2D eigenvalue weighted by atomic mass is 79.9. The average molecular weight is 700 g/mol. The minimum Gasteiger partial charge on any atom is -0.743 e. The summed E-state index contributed by atoms with van der Waals surface area (Å²) in [6, 6.07) is 26.3. The van der Waals surface area contributed by atoms with Crippen LogP contribution in [0.5, 0.6) is 0 Å². The Kier molecular flexibility index (Phi) is 15.9. The zero-order chi connectivity index (χ0) is 31.9. The number of alkyl halides is 3. The highest BCUT2D eigenvalue weighted by molar-refractivity contribution is 9.09. The van der Waals surface area contributed by atoms with Crippen molar-refractivity contribution in [3.63, 3.8) is 0 Å². The van der Waals surface area contributed by atoms with Crippen LogP contribution in [0.2, 0.25) is 0 Å². The first-order valence-corrected chi connectivity index (χ1v) is 18.1. The van der Waals surface area contributed by atoms with Gasteiger partial charge < -0.3 is 9.29 Å². The second-order valence-electron chi connectivity index (χ2n) is 10.2. The van der Waals surface area contributed by atoms with Gasteiger partial charge in [-0.15, -0.1) is 0 Å². The molecule has 236 valence electrons. The fourth-order valence-electron chi connectivity index (χ4n) is 4.32. The van der Waals surface area contributed by atoms with Crippen molar-refractivity contribution in [2.75, 3.05) is 11.9 Å². The molecule has 3 rings (SSSR count). The van der Waals surface area contributed by atoms with E-state index in [1.54, 1.807) is 0 Å². The van der Waals surface area contributed by atoms with Crippen molar-refractivity contribution in [2.24, 2.45) is 0 Å². The normalized spacial score (nSPS) is 11.6. The number of ether oxygens (including phenoxy) is 1. The quantitative estimate of drug-likeness (QED) is 0.0521. The first-order valence-electron chi connectivity index (χ1n) is 14.4. The molecule has 0 aliphatic rings. The summed E-state index contributed by atoms with van der Waals surface area (Å²) in [7, 11) is -6.07. The molecule has 0 bridgehead atoms. The van der Waals surface area contributed by atoms with Crippen LogP contribution in [0, 0.1) is 20.8 Å². The zero-order valence-corrected chi connectivity index (χ0v) is 28.2. The molecule has 0 spiro atoms. The molecule has 3 aromatic rings. The number of carbonyl (C=O) groups excluding carboxylic acids is 1. The van der Waals surface area contributed by atoms with E-state index in [0.29, 0.717) is 12.8 Å². The highest BCUT2D eigenvalue weighted by Gasteiger charge is 2.48. The van der Waals surface area contributed by atoms with E-state index in [1.807, 2.05) is 0 Å². The van der Waals surface area contributed by atoms with Gasteiger partial charge in [0.2, 0.25) is 0 Å². The number of rotatable bonds is 15. The average Bonchev–Trinajstić information content (AvgIpc) is 2.96. The molecule has 0 aliphatic carbocycles. The molecular weight excluding hydrogens is 658 g/mol. The largest absolute Gasteiger partial charge is 0.743 e. The highest BCUT2D eigenvalue weighted by Crippen LogP contribution is 2.36. The van der Waals surface area contributed by atoms with Gasteiger partial charge in [0, 0.05) is 22.0 Å². The Morgan fingerprint density at radius 1 is 0.721 bits per heavy atom. The number of esters is 1. The Labute approximate surface area is 266 Å². The fourth-order valence-corrected chi connectivity index (χ4v) is 7.50. The molecule has 3 aromatic carbocycles. The van der Waals surface area contributed by atoms with Crippen LogP contribution in [0.15, 0.2) is 87.5 Å². The fraction of sp³-hybridized carbons (Fsp3) is 0.424. The summed E-state index contributed by atoms with van der Waals surface area (Å²) in [5.41, 5.74) is 4.08. The van der Waals surface area contributed by atoms with Crippen molar-refractivity contribution in [3.8, 4) is 0 Å². The molecule has 0 atom stereocenters. The number of unbranched alkanes of at least 4 members (excludes halogenated alkanes) is 7. The van der Waals surface area contributed by atoms with E-state index in [1.165, 1.54) is 37.8 Å². The van der Waals surface area contributed by atoms with Gasteiger partial charge in [-0.05, 0) is 51.8 Å². The zero-order valence-electron chi connectivity index (χ0n) is 25.0. The van der Waals surface area contributed by atoms with Crippen LogP contribution in [0.25, 0.3) is 0 Å². The number of hydrogen-bond acceptors (Lipinski definition) is 5. The minimum absolute atomic E-state index is 0.0494. The molecule has 0 aliphatic heterocycles. The third-order valence-electron chi connectivity index (χ3n) is 6.75. The van der Waals surface area contributed by atoms with Crippen LogP contribution in [0.4, 0.5) is 8.78 Å². The van der Waals surface area contributed by atoms with Crippen LogP contribution >= 0.6 is 15.9 Å². The molecule has 0 saturated carbocycles. The van der Waals surface area contributed by atoms with Crippen molar-refractivity contribution in [3.05, 3.63) is 89.5 Å². The molecule has 0 fully saturated rings. The predicted molar refractivity (Wildman–Crippen MR) is 172 cm³/mol. The third-order valence-corrected chi connectivity index (χ3v) is 10.8. The lowest BCUT2D eigenvalue weighted by Gasteiger charge is -2.17. The van der Waals surface area contributed by atoms with Crippen LogP contribution in [-0.4, -0.2) is 36.1 Å². The van der Waals surface area contributed by atoms with E-state index in [-0.39, 0.29) is 17.5 Å². The summed E-state index contributed by atoms with van der Waals surface area (Å²) >= 11 is 3.35. The molecule has 0 unspecified atom stereocenters.